The zero-order valence-electron chi connectivity index (χ0n) is 10.4. The van der Waals surface area contributed by atoms with Crippen molar-refractivity contribution < 1.29 is 9.53 Å². The quantitative estimate of drug-likeness (QED) is 0.743. The molecule has 1 aliphatic rings. The maximum atomic E-state index is 11.8. The van der Waals surface area contributed by atoms with Crippen molar-refractivity contribution in [2.45, 2.75) is 57.0 Å². The van der Waals surface area contributed by atoms with Crippen LogP contribution in [0, 0.1) is 0 Å². The van der Waals surface area contributed by atoms with E-state index in [0.717, 1.165) is 25.7 Å². The molecule has 1 fully saturated rings. The molecule has 0 aromatic carbocycles. The van der Waals surface area contributed by atoms with E-state index in [1.165, 1.54) is 6.42 Å². The number of methoxy groups -OCH3 is 1. The van der Waals surface area contributed by atoms with Crippen LogP contribution in [0.3, 0.4) is 0 Å². The molecule has 0 bridgehead atoms. The first kappa shape index (κ1) is 13.5. The standard InChI is InChI=1S/C12H24N2O2/c1-10(9-16-2)14-11(15)8-12(13)6-4-3-5-7-12/h10H,3-9,13H2,1-2H3,(H,14,15). The predicted octanol–water partition coefficient (Wildman–Crippen LogP) is 1.19. The predicted molar refractivity (Wildman–Crippen MR) is 64.1 cm³/mol. The normalized spacial score (nSPS) is 21.4. The Labute approximate surface area is 97.9 Å². The molecular weight excluding hydrogens is 204 g/mol. The average molecular weight is 228 g/mol. The van der Waals surface area contributed by atoms with E-state index in [1.54, 1.807) is 7.11 Å². The van der Waals surface area contributed by atoms with Crippen LogP contribution in [0.4, 0.5) is 0 Å². The van der Waals surface area contributed by atoms with Crippen LogP contribution < -0.4 is 11.1 Å². The number of hydrogen-bond acceptors (Lipinski definition) is 3. The lowest BCUT2D eigenvalue weighted by Gasteiger charge is -2.33. The fraction of sp³-hybridized carbons (Fsp3) is 0.917. The van der Waals surface area contributed by atoms with Gasteiger partial charge in [-0.3, -0.25) is 4.79 Å². The Kier molecular flexibility index (Phi) is 5.22. The summed E-state index contributed by atoms with van der Waals surface area (Å²) in [6.45, 7) is 2.48. The minimum Gasteiger partial charge on any atom is -0.383 e. The van der Waals surface area contributed by atoms with Crippen molar-refractivity contribution >= 4 is 5.91 Å². The highest BCUT2D eigenvalue weighted by molar-refractivity contribution is 5.77. The highest BCUT2D eigenvalue weighted by Crippen LogP contribution is 2.28. The molecule has 4 heteroatoms. The lowest BCUT2D eigenvalue weighted by molar-refractivity contribution is -0.123. The van der Waals surface area contributed by atoms with E-state index in [9.17, 15) is 4.79 Å². The van der Waals surface area contributed by atoms with E-state index in [2.05, 4.69) is 5.32 Å². The van der Waals surface area contributed by atoms with Gasteiger partial charge in [-0.05, 0) is 19.8 Å². The number of ether oxygens (including phenoxy) is 1. The first-order valence-corrected chi connectivity index (χ1v) is 6.13. The van der Waals surface area contributed by atoms with Gasteiger partial charge in [-0.1, -0.05) is 19.3 Å². The van der Waals surface area contributed by atoms with Crippen molar-refractivity contribution in [3.8, 4) is 0 Å². The zero-order chi connectivity index (χ0) is 12.0. The van der Waals surface area contributed by atoms with Gasteiger partial charge in [0.2, 0.25) is 5.91 Å². The largest absolute Gasteiger partial charge is 0.383 e. The SMILES string of the molecule is COCC(C)NC(=O)CC1(N)CCCCC1. The lowest BCUT2D eigenvalue weighted by Crippen LogP contribution is -2.47. The summed E-state index contributed by atoms with van der Waals surface area (Å²) in [6.07, 6.45) is 5.94. The van der Waals surface area contributed by atoms with E-state index in [1.807, 2.05) is 6.92 Å². The van der Waals surface area contributed by atoms with Gasteiger partial charge >= 0.3 is 0 Å². The summed E-state index contributed by atoms with van der Waals surface area (Å²) < 4.78 is 4.97. The summed E-state index contributed by atoms with van der Waals surface area (Å²) in [4.78, 5) is 11.8. The Hall–Kier alpha value is -0.610. The summed E-state index contributed by atoms with van der Waals surface area (Å²) >= 11 is 0. The molecule has 16 heavy (non-hydrogen) atoms. The van der Waals surface area contributed by atoms with Gasteiger partial charge < -0.3 is 15.8 Å². The third-order valence-corrected chi connectivity index (χ3v) is 3.19. The molecule has 3 N–H and O–H groups in total. The molecule has 0 radical (unpaired) electrons. The minimum absolute atomic E-state index is 0.0500. The zero-order valence-corrected chi connectivity index (χ0v) is 10.4. The van der Waals surface area contributed by atoms with E-state index in [-0.39, 0.29) is 17.5 Å². The highest BCUT2D eigenvalue weighted by Gasteiger charge is 2.30. The summed E-state index contributed by atoms with van der Waals surface area (Å²) in [7, 11) is 1.63. The molecular formula is C12H24N2O2. The third-order valence-electron chi connectivity index (χ3n) is 3.19. The molecule has 0 spiro atoms. The van der Waals surface area contributed by atoms with Crippen molar-refractivity contribution in [1.29, 1.82) is 0 Å². The molecule has 1 amide bonds. The topological polar surface area (TPSA) is 64.3 Å². The Morgan fingerprint density at radius 3 is 2.62 bits per heavy atom. The van der Waals surface area contributed by atoms with Crippen molar-refractivity contribution in [2.24, 2.45) is 5.73 Å². The third kappa shape index (κ3) is 4.49. The summed E-state index contributed by atoms with van der Waals surface area (Å²) in [5, 5.41) is 2.91. The van der Waals surface area contributed by atoms with E-state index < -0.39 is 0 Å². The van der Waals surface area contributed by atoms with Crippen LogP contribution in [0.15, 0.2) is 0 Å². The molecule has 1 aliphatic carbocycles. The van der Waals surface area contributed by atoms with Gasteiger partial charge in [0, 0.05) is 25.1 Å². The summed E-state index contributed by atoms with van der Waals surface area (Å²) in [5.41, 5.74) is 5.95. The molecule has 94 valence electrons. The van der Waals surface area contributed by atoms with Gasteiger partial charge in [0.25, 0.3) is 0 Å². The molecule has 1 atom stereocenters. The molecule has 1 rings (SSSR count). The molecule has 1 unspecified atom stereocenters. The Bertz CT molecular complexity index is 225. The van der Waals surface area contributed by atoms with Crippen molar-refractivity contribution in [1.82, 2.24) is 5.32 Å². The van der Waals surface area contributed by atoms with Crippen LogP contribution in [0.25, 0.3) is 0 Å². The van der Waals surface area contributed by atoms with Crippen LogP contribution >= 0.6 is 0 Å². The number of amides is 1. The van der Waals surface area contributed by atoms with Crippen LogP contribution in [-0.4, -0.2) is 31.2 Å². The van der Waals surface area contributed by atoms with E-state index in [4.69, 9.17) is 10.5 Å². The van der Waals surface area contributed by atoms with Crippen molar-refractivity contribution in [3.05, 3.63) is 0 Å². The number of hydrogen-bond donors (Lipinski definition) is 2. The molecule has 4 nitrogen and oxygen atoms in total. The Morgan fingerprint density at radius 1 is 1.44 bits per heavy atom. The molecule has 1 saturated carbocycles. The number of nitrogens with two attached hydrogens (primary N) is 1. The maximum Gasteiger partial charge on any atom is 0.222 e. The number of carbonyl (C=O) groups is 1. The first-order valence-electron chi connectivity index (χ1n) is 6.13. The highest BCUT2D eigenvalue weighted by atomic mass is 16.5. The fourth-order valence-corrected chi connectivity index (χ4v) is 2.37. The average Bonchev–Trinajstić information content (AvgIpc) is 2.17. The van der Waals surface area contributed by atoms with Crippen LogP contribution in [-0.2, 0) is 9.53 Å². The van der Waals surface area contributed by atoms with Crippen LogP contribution in [0.1, 0.15) is 45.4 Å². The number of nitrogens with one attached hydrogen (secondary N) is 1. The van der Waals surface area contributed by atoms with Crippen LogP contribution in [0.5, 0.6) is 0 Å². The number of rotatable bonds is 5. The van der Waals surface area contributed by atoms with Gasteiger partial charge in [0.05, 0.1) is 6.61 Å². The van der Waals surface area contributed by atoms with Gasteiger partial charge in [-0.2, -0.15) is 0 Å². The molecule has 0 aromatic rings. The summed E-state index contributed by atoms with van der Waals surface area (Å²) in [5.74, 6) is 0.0500. The second-order valence-electron chi connectivity index (χ2n) is 5.02. The van der Waals surface area contributed by atoms with Gasteiger partial charge in [-0.25, -0.2) is 0 Å². The smallest absolute Gasteiger partial charge is 0.222 e. The Morgan fingerprint density at radius 2 is 2.06 bits per heavy atom. The second kappa shape index (κ2) is 6.21. The van der Waals surface area contributed by atoms with Crippen LogP contribution in [0.2, 0.25) is 0 Å². The van der Waals surface area contributed by atoms with Crippen molar-refractivity contribution in [2.75, 3.05) is 13.7 Å². The maximum absolute atomic E-state index is 11.8. The van der Waals surface area contributed by atoms with Gasteiger partial charge in [0.1, 0.15) is 0 Å². The molecule has 0 aromatic heterocycles. The lowest BCUT2D eigenvalue weighted by atomic mass is 9.80. The van der Waals surface area contributed by atoms with E-state index in [0.29, 0.717) is 13.0 Å². The Balaban J connectivity index is 2.32. The molecule has 0 heterocycles. The molecule has 0 aliphatic heterocycles. The summed E-state index contributed by atoms with van der Waals surface area (Å²) in [6, 6.07) is 0.0599. The monoisotopic (exact) mass is 228 g/mol. The van der Waals surface area contributed by atoms with Crippen molar-refractivity contribution in [3.63, 3.8) is 0 Å². The second-order valence-corrected chi connectivity index (χ2v) is 5.02. The van der Waals surface area contributed by atoms with Gasteiger partial charge in [0.15, 0.2) is 0 Å². The minimum atomic E-state index is -0.269. The molecule has 0 saturated heterocycles. The fourth-order valence-electron chi connectivity index (χ4n) is 2.37. The number of carbonyl (C=O) groups excluding carboxylic acids is 1. The first-order chi connectivity index (χ1) is 7.56. The van der Waals surface area contributed by atoms with E-state index >= 15 is 0 Å². The van der Waals surface area contributed by atoms with Gasteiger partial charge in [-0.15, -0.1) is 0 Å².